The summed E-state index contributed by atoms with van der Waals surface area (Å²) in [6.45, 7) is 0. The first-order valence-electron chi connectivity index (χ1n) is 13.4. The predicted molar refractivity (Wildman–Crippen MR) is 157 cm³/mol. The molecule has 1 spiro atoms. The van der Waals surface area contributed by atoms with Crippen LogP contribution in [0.4, 0.5) is 11.4 Å². The number of rotatable bonds is 5. The smallest absolute Gasteiger partial charge is 0.269 e. The van der Waals surface area contributed by atoms with Crippen LogP contribution in [-0.4, -0.2) is 33.3 Å². The first-order chi connectivity index (χ1) is 20.3. The van der Waals surface area contributed by atoms with Crippen LogP contribution in [-0.2, 0) is 10.2 Å². The first kappa shape index (κ1) is 25.9. The topological polar surface area (TPSA) is 110 Å². The van der Waals surface area contributed by atoms with Gasteiger partial charge in [-0.2, -0.15) is 0 Å². The summed E-state index contributed by atoms with van der Waals surface area (Å²) in [5.41, 5.74) is 1.78. The number of benzene rings is 4. The van der Waals surface area contributed by atoms with Crippen molar-refractivity contribution < 1.29 is 19.3 Å². The van der Waals surface area contributed by atoms with E-state index in [0.29, 0.717) is 21.8 Å². The molecule has 4 atom stereocenters. The number of nitrogens with one attached hydrogen (secondary N) is 1. The molecule has 1 N–H and O–H groups in total. The van der Waals surface area contributed by atoms with Crippen LogP contribution >= 0.6 is 11.6 Å². The zero-order chi connectivity index (χ0) is 29.2. The molecule has 4 aromatic rings. The van der Waals surface area contributed by atoms with Crippen LogP contribution in [0.1, 0.15) is 43.4 Å². The number of Topliss-reactive ketones (excluding diaryl/α,β-unsaturated/α-hetero) is 2. The van der Waals surface area contributed by atoms with E-state index in [2.05, 4.69) is 5.32 Å². The first-order valence-corrected chi connectivity index (χ1v) is 13.7. The van der Waals surface area contributed by atoms with Gasteiger partial charge in [0.05, 0.1) is 16.9 Å². The molecule has 0 aromatic heterocycles. The molecule has 4 aromatic carbocycles. The lowest BCUT2D eigenvalue weighted by molar-refractivity contribution is -0.384. The lowest BCUT2D eigenvalue weighted by atomic mass is 9.62. The van der Waals surface area contributed by atoms with Crippen LogP contribution < -0.4 is 5.32 Å². The molecule has 7 rings (SSSR count). The highest BCUT2D eigenvalue weighted by Crippen LogP contribution is 2.62. The van der Waals surface area contributed by atoms with Crippen molar-refractivity contribution in [1.29, 1.82) is 0 Å². The number of para-hydroxylation sites is 1. The molecule has 42 heavy (non-hydrogen) atoms. The number of nitro benzene ring substituents is 1. The molecule has 0 saturated carbocycles. The standard InChI is InChI=1S/C33H22ClN3O5/c34-22-13-9-21(10-14-22)30(39)28-27(29(38)20-11-15-23(16-12-20)37(41)42)33(25-7-3-4-8-26(25)35-32(33)40)31-24-6-2-1-5-19(24)17-18-36(28)31/h1-18,27-28,31H,(H,35,40). The number of hydrogen-bond donors (Lipinski definition) is 1. The number of amides is 1. The van der Waals surface area contributed by atoms with E-state index < -0.39 is 34.1 Å². The number of carbonyl (C=O) groups excluding carboxylic acids is 3. The molecular weight excluding hydrogens is 554 g/mol. The molecular formula is C33H22ClN3O5. The maximum absolute atomic E-state index is 14.7. The fourth-order valence-electron chi connectivity index (χ4n) is 6.88. The number of hydrogen-bond acceptors (Lipinski definition) is 6. The molecule has 4 unspecified atom stereocenters. The van der Waals surface area contributed by atoms with Gasteiger partial charge in [0.2, 0.25) is 5.91 Å². The zero-order valence-corrected chi connectivity index (χ0v) is 22.7. The van der Waals surface area contributed by atoms with Gasteiger partial charge in [-0.3, -0.25) is 24.5 Å². The monoisotopic (exact) mass is 575 g/mol. The second-order valence-electron chi connectivity index (χ2n) is 10.6. The number of anilines is 1. The summed E-state index contributed by atoms with van der Waals surface area (Å²) in [6.07, 6.45) is 3.68. The highest BCUT2D eigenvalue weighted by molar-refractivity contribution is 6.30. The van der Waals surface area contributed by atoms with Gasteiger partial charge >= 0.3 is 0 Å². The van der Waals surface area contributed by atoms with Gasteiger partial charge < -0.3 is 10.2 Å². The van der Waals surface area contributed by atoms with Crippen molar-refractivity contribution in [3.05, 3.63) is 146 Å². The minimum Gasteiger partial charge on any atom is -0.358 e. The number of fused-ring (bicyclic) bond motifs is 6. The van der Waals surface area contributed by atoms with E-state index in [4.69, 9.17) is 11.6 Å². The Kier molecular flexibility index (Phi) is 5.85. The normalized spacial score (nSPS) is 23.2. The van der Waals surface area contributed by atoms with Crippen LogP contribution in [0.5, 0.6) is 0 Å². The van der Waals surface area contributed by atoms with E-state index in [1.165, 1.54) is 24.3 Å². The Morgan fingerprint density at radius 3 is 2.24 bits per heavy atom. The van der Waals surface area contributed by atoms with Crippen molar-refractivity contribution in [3.8, 4) is 0 Å². The maximum Gasteiger partial charge on any atom is 0.269 e. The fraction of sp³-hybridized carbons (Fsp3) is 0.121. The lowest BCUT2D eigenvalue weighted by Crippen LogP contribution is -2.49. The molecule has 1 saturated heterocycles. The highest BCUT2D eigenvalue weighted by Gasteiger charge is 2.70. The van der Waals surface area contributed by atoms with Crippen molar-refractivity contribution in [2.75, 3.05) is 5.32 Å². The molecule has 3 aliphatic heterocycles. The third-order valence-corrected chi connectivity index (χ3v) is 8.86. The van der Waals surface area contributed by atoms with Gasteiger partial charge in [-0.1, -0.05) is 54.1 Å². The van der Waals surface area contributed by atoms with Crippen molar-refractivity contribution >= 4 is 46.5 Å². The van der Waals surface area contributed by atoms with E-state index in [1.54, 1.807) is 36.5 Å². The van der Waals surface area contributed by atoms with Crippen molar-refractivity contribution in [2.24, 2.45) is 5.92 Å². The summed E-state index contributed by atoms with van der Waals surface area (Å²) < 4.78 is 0. The largest absolute Gasteiger partial charge is 0.358 e. The number of carbonyl (C=O) groups is 3. The lowest BCUT2D eigenvalue weighted by Gasteiger charge is -2.38. The molecule has 0 bridgehead atoms. The summed E-state index contributed by atoms with van der Waals surface area (Å²) in [6, 6.07) is 24.9. The number of ketones is 2. The SMILES string of the molecule is O=C(c1ccc(Cl)cc1)C1C(C(=O)c2ccc([N+](=O)[O-])cc2)C2(C(=O)Nc3ccccc32)C2c3ccccc3C=CN12. The number of nitro groups is 1. The summed E-state index contributed by atoms with van der Waals surface area (Å²) in [4.78, 5) is 56.3. The highest BCUT2D eigenvalue weighted by atomic mass is 35.5. The van der Waals surface area contributed by atoms with E-state index >= 15 is 0 Å². The fourth-order valence-corrected chi connectivity index (χ4v) is 7.01. The quantitative estimate of drug-likeness (QED) is 0.172. The molecule has 9 heteroatoms. The second kappa shape index (κ2) is 9.49. The van der Waals surface area contributed by atoms with Crippen LogP contribution in [0.15, 0.2) is 103 Å². The predicted octanol–water partition coefficient (Wildman–Crippen LogP) is 6.23. The van der Waals surface area contributed by atoms with Gasteiger partial charge in [-0.05, 0) is 65.2 Å². The van der Waals surface area contributed by atoms with Gasteiger partial charge in [0.25, 0.3) is 5.69 Å². The molecule has 8 nitrogen and oxygen atoms in total. The number of non-ortho nitro benzene ring substituents is 1. The average molecular weight is 576 g/mol. The van der Waals surface area contributed by atoms with E-state index in [9.17, 15) is 24.5 Å². The van der Waals surface area contributed by atoms with Gasteiger partial charge in [0, 0.05) is 40.2 Å². The zero-order valence-electron chi connectivity index (χ0n) is 21.9. The Labute approximate surface area is 245 Å². The van der Waals surface area contributed by atoms with Gasteiger partial charge in [0.15, 0.2) is 11.6 Å². The van der Waals surface area contributed by atoms with Crippen LogP contribution in [0.2, 0.25) is 5.02 Å². The molecule has 3 aliphatic rings. The average Bonchev–Trinajstić information content (AvgIpc) is 3.49. The summed E-state index contributed by atoms with van der Waals surface area (Å²) in [5, 5.41) is 14.8. The Balaban J connectivity index is 1.51. The minimum absolute atomic E-state index is 0.167. The second-order valence-corrected chi connectivity index (χ2v) is 11.1. The van der Waals surface area contributed by atoms with E-state index in [0.717, 1.165) is 11.1 Å². The molecule has 0 aliphatic carbocycles. The minimum atomic E-state index is -1.48. The number of nitrogens with zero attached hydrogens (tertiary/aromatic N) is 2. The summed E-state index contributed by atoms with van der Waals surface area (Å²) in [5.74, 6) is -2.35. The Morgan fingerprint density at radius 2 is 1.50 bits per heavy atom. The Hall–Kier alpha value is -5.08. The maximum atomic E-state index is 14.7. The summed E-state index contributed by atoms with van der Waals surface area (Å²) in [7, 11) is 0. The van der Waals surface area contributed by atoms with Crippen LogP contribution in [0.25, 0.3) is 6.08 Å². The van der Waals surface area contributed by atoms with E-state index in [-0.39, 0.29) is 22.9 Å². The molecule has 1 fully saturated rings. The van der Waals surface area contributed by atoms with E-state index in [1.807, 2.05) is 53.4 Å². The van der Waals surface area contributed by atoms with Crippen molar-refractivity contribution in [1.82, 2.24) is 4.90 Å². The molecule has 1 amide bonds. The summed E-state index contributed by atoms with van der Waals surface area (Å²) >= 11 is 6.12. The number of halogens is 1. The van der Waals surface area contributed by atoms with Crippen molar-refractivity contribution in [3.63, 3.8) is 0 Å². The van der Waals surface area contributed by atoms with Gasteiger partial charge in [-0.25, -0.2) is 0 Å². The Bertz CT molecular complexity index is 1840. The van der Waals surface area contributed by atoms with Crippen molar-refractivity contribution in [2.45, 2.75) is 17.5 Å². The molecule has 3 heterocycles. The van der Waals surface area contributed by atoms with Gasteiger partial charge in [-0.15, -0.1) is 0 Å². The molecule has 0 radical (unpaired) electrons. The van der Waals surface area contributed by atoms with Gasteiger partial charge in [0.1, 0.15) is 11.5 Å². The third-order valence-electron chi connectivity index (χ3n) is 8.61. The Morgan fingerprint density at radius 1 is 0.857 bits per heavy atom. The molecule has 206 valence electrons. The van der Waals surface area contributed by atoms with Crippen LogP contribution in [0.3, 0.4) is 0 Å². The third kappa shape index (κ3) is 3.58. The van der Waals surface area contributed by atoms with Crippen LogP contribution in [0, 0.1) is 16.0 Å².